The van der Waals surface area contributed by atoms with Crippen LogP contribution in [-0.2, 0) is 26.2 Å². The van der Waals surface area contributed by atoms with Crippen molar-refractivity contribution in [3.63, 3.8) is 0 Å². The van der Waals surface area contributed by atoms with Gasteiger partial charge in [0.15, 0.2) is 0 Å². The zero-order chi connectivity index (χ0) is 15.8. The molecular weight excluding hydrogens is 430 g/mol. The van der Waals surface area contributed by atoms with E-state index >= 15 is 0 Å². The molecule has 0 aromatic heterocycles. The molecule has 2 aromatic rings. The zero-order valence-electron chi connectivity index (χ0n) is 13.0. The zero-order valence-corrected chi connectivity index (χ0v) is 18.0. The van der Waals surface area contributed by atoms with Gasteiger partial charge in [0.1, 0.15) is 0 Å². The predicted molar refractivity (Wildman–Crippen MR) is 101 cm³/mol. The Labute approximate surface area is 174 Å². The minimum Gasteiger partial charge on any atom is -0.126 e. The molecule has 2 radical (unpaired) electrons. The monoisotopic (exact) mass is 444 g/mol. The summed E-state index contributed by atoms with van der Waals surface area (Å²) in [6.45, 7) is 0. The Hall–Kier alpha value is -0.400. The van der Waals surface area contributed by atoms with Crippen molar-refractivity contribution in [2.24, 2.45) is 0 Å². The minimum atomic E-state index is 0. The van der Waals surface area contributed by atoms with Crippen molar-refractivity contribution in [3.8, 4) is 0 Å². The maximum Gasteiger partial charge on any atom is 0.0878 e. The molecule has 2 aliphatic carbocycles. The molecule has 0 saturated heterocycles. The maximum absolute atomic E-state index is 6.77. The molecule has 0 bridgehead atoms. The Bertz CT molecular complexity index is 721. The molecule has 0 heterocycles. The van der Waals surface area contributed by atoms with Crippen LogP contribution in [0.25, 0.3) is 12.2 Å². The topological polar surface area (TPSA) is 0 Å². The molecule has 2 aromatic carbocycles. The van der Waals surface area contributed by atoms with Gasteiger partial charge in [-0.2, -0.15) is 0 Å². The molecule has 4 unspecified atom stereocenters. The van der Waals surface area contributed by atoms with Crippen LogP contribution >= 0.6 is 23.2 Å². The van der Waals surface area contributed by atoms with Crippen molar-refractivity contribution in [3.05, 3.63) is 82.9 Å². The van der Waals surface area contributed by atoms with Gasteiger partial charge in [0.05, 0.1) is 9.52 Å². The first kappa shape index (κ1) is 18.4. The summed E-state index contributed by atoms with van der Waals surface area (Å²) in [5.74, 6) is 0.543. The first-order chi connectivity index (χ1) is 11.2. The summed E-state index contributed by atoms with van der Waals surface area (Å²) in [6.07, 6.45) is 8.79. The van der Waals surface area contributed by atoms with Crippen molar-refractivity contribution in [1.29, 1.82) is 0 Å². The first-order valence-corrected chi connectivity index (χ1v) is 9.85. The van der Waals surface area contributed by atoms with E-state index in [-0.39, 0.29) is 48.0 Å². The van der Waals surface area contributed by atoms with E-state index in [0.717, 1.165) is 0 Å². The number of alkyl halides is 2. The Balaban J connectivity index is 0.00000169. The molecule has 0 saturated carbocycles. The van der Waals surface area contributed by atoms with E-state index in [4.69, 9.17) is 23.2 Å². The number of halogens is 2. The van der Waals surface area contributed by atoms with Gasteiger partial charge in [-0.3, -0.25) is 0 Å². The van der Waals surface area contributed by atoms with Gasteiger partial charge in [-0.25, -0.2) is 0 Å². The number of allylic oxidation sites excluding steroid dienone is 2. The fraction of sp³-hybridized carbons (Fsp3) is 0.200. The molecule has 2 aliphatic rings. The number of rotatable bonds is 4. The van der Waals surface area contributed by atoms with Crippen molar-refractivity contribution in [1.82, 2.24) is 0 Å². The van der Waals surface area contributed by atoms with E-state index in [1.165, 1.54) is 22.3 Å². The third kappa shape index (κ3) is 3.44. The predicted octanol–water partition coefficient (Wildman–Crippen LogP) is 5.44. The Morgan fingerprint density at radius 2 is 1.12 bits per heavy atom. The van der Waals surface area contributed by atoms with Gasteiger partial charge in [-0.1, -0.05) is 72.8 Å². The van der Waals surface area contributed by atoms with Crippen LogP contribution in [0.5, 0.6) is 0 Å². The van der Waals surface area contributed by atoms with E-state index < -0.39 is 0 Å². The molecule has 24 heavy (non-hydrogen) atoms. The summed E-state index contributed by atoms with van der Waals surface area (Å²) >= 11 is 13.5. The minimum absolute atomic E-state index is 0. The second-order valence-corrected chi connectivity index (χ2v) is 9.25. The standard InChI is InChI=1S/C20H16Cl2Si.Zr/c21-19(17-11-9-13-5-1-3-7-15(13)17)23-20(22)18-12-10-14-6-2-4-8-16(14)18;/h1-12,17-20H;. The summed E-state index contributed by atoms with van der Waals surface area (Å²) in [5, 5.41) is 0.0807. The summed E-state index contributed by atoms with van der Waals surface area (Å²) < 4.78 is 0. The summed E-state index contributed by atoms with van der Waals surface area (Å²) in [6, 6.07) is 16.9. The molecule has 0 nitrogen and oxygen atoms in total. The van der Waals surface area contributed by atoms with Crippen LogP contribution in [0.15, 0.2) is 60.7 Å². The van der Waals surface area contributed by atoms with E-state index in [2.05, 4.69) is 72.8 Å². The molecule has 0 N–H and O–H groups in total. The average Bonchev–Trinajstić information content (AvgIpc) is 3.19. The van der Waals surface area contributed by atoms with Crippen molar-refractivity contribution >= 4 is 44.9 Å². The smallest absolute Gasteiger partial charge is 0.0878 e. The number of fused-ring (bicyclic) bond motifs is 2. The molecule has 0 spiro atoms. The first-order valence-electron chi connectivity index (χ1n) is 7.82. The second-order valence-electron chi connectivity index (χ2n) is 6.00. The van der Waals surface area contributed by atoms with Gasteiger partial charge in [-0.05, 0) is 22.3 Å². The molecule has 4 rings (SSSR count). The number of hydrogen-bond donors (Lipinski definition) is 0. The quantitative estimate of drug-likeness (QED) is 0.433. The van der Waals surface area contributed by atoms with Gasteiger partial charge in [0.2, 0.25) is 0 Å². The molecule has 0 aliphatic heterocycles. The second kappa shape index (κ2) is 7.87. The van der Waals surface area contributed by atoms with Gasteiger partial charge in [-0.15, -0.1) is 23.2 Å². The molecule has 4 atom stereocenters. The van der Waals surface area contributed by atoms with Crippen molar-refractivity contribution in [2.45, 2.75) is 21.8 Å². The third-order valence-corrected chi connectivity index (χ3v) is 7.28. The van der Waals surface area contributed by atoms with Crippen LogP contribution in [0.1, 0.15) is 34.1 Å². The van der Waals surface area contributed by atoms with Crippen LogP contribution < -0.4 is 0 Å². The van der Waals surface area contributed by atoms with Crippen LogP contribution in [-0.4, -0.2) is 19.5 Å². The largest absolute Gasteiger partial charge is 0.126 e. The normalized spacial score (nSPS) is 22.6. The summed E-state index contributed by atoms with van der Waals surface area (Å²) in [5.41, 5.74) is 5.22. The Morgan fingerprint density at radius 1 is 0.708 bits per heavy atom. The van der Waals surface area contributed by atoms with Gasteiger partial charge >= 0.3 is 0 Å². The fourth-order valence-electron chi connectivity index (χ4n) is 3.42. The molecular formula is C20H16Cl2SiZr. The summed E-state index contributed by atoms with van der Waals surface area (Å²) in [7, 11) is 0.500. The molecule has 0 fully saturated rings. The van der Waals surface area contributed by atoms with Crippen LogP contribution in [0, 0.1) is 0 Å². The maximum atomic E-state index is 6.77. The van der Waals surface area contributed by atoms with Crippen LogP contribution in [0.2, 0.25) is 0 Å². The van der Waals surface area contributed by atoms with Crippen LogP contribution in [0.3, 0.4) is 0 Å². The number of hydrogen-bond acceptors (Lipinski definition) is 0. The summed E-state index contributed by atoms with van der Waals surface area (Å²) in [4.78, 5) is 0. The third-order valence-electron chi connectivity index (χ3n) is 4.63. The van der Waals surface area contributed by atoms with E-state index in [9.17, 15) is 0 Å². The van der Waals surface area contributed by atoms with Crippen molar-refractivity contribution in [2.75, 3.05) is 0 Å². The van der Waals surface area contributed by atoms with Gasteiger partial charge in [0.25, 0.3) is 0 Å². The Morgan fingerprint density at radius 3 is 1.58 bits per heavy atom. The molecule has 118 valence electrons. The molecule has 4 heteroatoms. The van der Waals surface area contributed by atoms with Crippen molar-refractivity contribution < 1.29 is 26.2 Å². The fourth-order valence-corrected chi connectivity index (χ4v) is 6.17. The Kier molecular flexibility index (Phi) is 6.03. The van der Waals surface area contributed by atoms with E-state index in [1.807, 2.05) is 0 Å². The average molecular weight is 447 g/mol. The van der Waals surface area contributed by atoms with Gasteiger partial charge in [0, 0.05) is 48.0 Å². The SMILES string of the molecule is ClC([Si]C(Cl)C1C=Cc2ccccc21)C1C=Cc2ccccc21.[Zr]. The van der Waals surface area contributed by atoms with E-state index in [1.54, 1.807) is 0 Å². The number of benzene rings is 2. The van der Waals surface area contributed by atoms with Gasteiger partial charge < -0.3 is 0 Å². The van der Waals surface area contributed by atoms with E-state index in [0.29, 0.717) is 9.52 Å². The van der Waals surface area contributed by atoms with Crippen LogP contribution in [0.4, 0.5) is 0 Å². The molecule has 0 amide bonds.